The Morgan fingerprint density at radius 3 is 3.20 bits per heavy atom. The van der Waals surface area contributed by atoms with Gasteiger partial charge in [0.2, 0.25) is 5.91 Å². The zero-order chi connectivity index (χ0) is 13.8. The third-order valence-corrected chi connectivity index (χ3v) is 3.55. The second-order valence-electron chi connectivity index (χ2n) is 5.11. The molecule has 1 aliphatic heterocycles. The van der Waals surface area contributed by atoms with E-state index in [0.717, 1.165) is 37.3 Å². The molecule has 0 aliphatic carbocycles. The number of imidazole rings is 1. The van der Waals surface area contributed by atoms with Crippen molar-refractivity contribution < 1.29 is 4.79 Å². The van der Waals surface area contributed by atoms with Crippen molar-refractivity contribution >= 4 is 11.6 Å². The van der Waals surface area contributed by atoms with Gasteiger partial charge in [0, 0.05) is 31.2 Å². The first-order chi connectivity index (χ1) is 9.81. The van der Waals surface area contributed by atoms with Crippen LogP contribution in [-0.4, -0.2) is 28.5 Å². The molecule has 0 unspecified atom stereocenters. The van der Waals surface area contributed by atoms with Crippen LogP contribution in [0.2, 0.25) is 0 Å². The molecule has 1 saturated heterocycles. The highest BCUT2D eigenvalue weighted by Gasteiger charge is 2.22. The number of hydrogen-bond donors (Lipinski definition) is 2. The molecule has 1 fully saturated rings. The molecule has 2 aromatic rings. The second kappa shape index (κ2) is 5.88. The average Bonchev–Trinajstić information content (AvgIpc) is 3.12. The van der Waals surface area contributed by atoms with E-state index in [1.54, 1.807) is 12.5 Å². The van der Waals surface area contributed by atoms with Crippen molar-refractivity contribution in [2.24, 2.45) is 5.92 Å². The van der Waals surface area contributed by atoms with E-state index in [4.69, 9.17) is 0 Å². The predicted octanol–water partition coefficient (Wildman–Crippen LogP) is 1.48. The minimum Gasteiger partial charge on any atom is -0.333 e. The number of amides is 1. The van der Waals surface area contributed by atoms with Gasteiger partial charge in [-0.1, -0.05) is 12.1 Å². The summed E-state index contributed by atoms with van der Waals surface area (Å²) in [6, 6.07) is 7.96. The molecule has 1 aliphatic rings. The summed E-state index contributed by atoms with van der Waals surface area (Å²) in [6.45, 7) is 2.47. The second-order valence-corrected chi connectivity index (χ2v) is 5.11. The van der Waals surface area contributed by atoms with Crippen LogP contribution >= 0.6 is 0 Å². The van der Waals surface area contributed by atoms with E-state index in [1.807, 2.05) is 35.0 Å². The molecule has 2 N–H and O–H groups in total. The fraction of sp³-hybridized carbons (Fsp3) is 0.333. The van der Waals surface area contributed by atoms with Crippen LogP contribution in [0.4, 0.5) is 5.69 Å². The van der Waals surface area contributed by atoms with E-state index < -0.39 is 0 Å². The van der Waals surface area contributed by atoms with Crippen LogP contribution in [0.3, 0.4) is 0 Å². The van der Waals surface area contributed by atoms with E-state index in [0.29, 0.717) is 0 Å². The summed E-state index contributed by atoms with van der Waals surface area (Å²) < 4.78 is 2.00. The van der Waals surface area contributed by atoms with Gasteiger partial charge < -0.3 is 15.2 Å². The number of nitrogens with one attached hydrogen (secondary N) is 2. The lowest BCUT2D eigenvalue weighted by atomic mass is 10.1. The van der Waals surface area contributed by atoms with Gasteiger partial charge in [-0.2, -0.15) is 0 Å². The van der Waals surface area contributed by atoms with Crippen LogP contribution in [0.15, 0.2) is 43.0 Å². The number of benzene rings is 1. The Morgan fingerprint density at radius 1 is 1.50 bits per heavy atom. The van der Waals surface area contributed by atoms with Gasteiger partial charge in [-0.25, -0.2) is 4.98 Å². The molecule has 104 valence electrons. The van der Waals surface area contributed by atoms with Crippen molar-refractivity contribution in [2.45, 2.75) is 13.0 Å². The fourth-order valence-electron chi connectivity index (χ4n) is 2.46. The normalized spacial score (nSPS) is 18.1. The zero-order valence-electron chi connectivity index (χ0n) is 11.2. The van der Waals surface area contributed by atoms with Crippen molar-refractivity contribution in [3.63, 3.8) is 0 Å². The lowest BCUT2D eigenvalue weighted by Crippen LogP contribution is -2.24. The lowest BCUT2D eigenvalue weighted by molar-refractivity contribution is -0.119. The lowest BCUT2D eigenvalue weighted by Gasteiger charge is -2.11. The molecule has 1 aromatic heterocycles. The number of rotatable bonds is 4. The number of nitrogens with zero attached hydrogens (tertiary/aromatic N) is 2. The van der Waals surface area contributed by atoms with E-state index in [1.165, 1.54) is 0 Å². The van der Waals surface area contributed by atoms with E-state index in [-0.39, 0.29) is 11.8 Å². The molecular formula is C15H18N4O. The van der Waals surface area contributed by atoms with Crippen molar-refractivity contribution in [3.8, 4) is 0 Å². The smallest absolute Gasteiger partial charge is 0.228 e. The first kappa shape index (κ1) is 12.9. The van der Waals surface area contributed by atoms with Gasteiger partial charge in [-0.05, 0) is 30.7 Å². The molecule has 1 amide bonds. The minimum absolute atomic E-state index is 0.0901. The highest BCUT2D eigenvalue weighted by Crippen LogP contribution is 2.15. The summed E-state index contributed by atoms with van der Waals surface area (Å²) in [7, 11) is 0. The zero-order valence-corrected chi connectivity index (χ0v) is 11.2. The molecule has 5 nitrogen and oxygen atoms in total. The summed E-state index contributed by atoms with van der Waals surface area (Å²) in [5.74, 6) is 0.196. The minimum atomic E-state index is 0.0901. The summed E-state index contributed by atoms with van der Waals surface area (Å²) in [6.07, 6.45) is 6.39. The van der Waals surface area contributed by atoms with Gasteiger partial charge in [0.15, 0.2) is 0 Å². The number of anilines is 1. The van der Waals surface area contributed by atoms with Crippen molar-refractivity contribution in [1.29, 1.82) is 0 Å². The van der Waals surface area contributed by atoms with Crippen LogP contribution in [-0.2, 0) is 11.3 Å². The van der Waals surface area contributed by atoms with E-state index >= 15 is 0 Å². The molecule has 3 rings (SSSR count). The Balaban J connectivity index is 1.66. The molecule has 1 aromatic carbocycles. The molecule has 0 saturated carbocycles. The monoisotopic (exact) mass is 270 g/mol. The third kappa shape index (κ3) is 3.05. The molecular weight excluding hydrogens is 252 g/mol. The van der Waals surface area contributed by atoms with Crippen LogP contribution in [0.25, 0.3) is 0 Å². The molecule has 20 heavy (non-hydrogen) atoms. The average molecular weight is 270 g/mol. The van der Waals surface area contributed by atoms with Gasteiger partial charge in [-0.15, -0.1) is 0 Å². The number of aromatic nitrogens is 2. The van der Waals surface area contributed by atoms with Gasteiger partial charge in [-0.3, -0.25) is 4.79 Å². The van der Waals surface area contributed by atoms with Gasteiger partial charge >= 0.3 is 0 Å². The summed E-state index contributed by atoms with van der Waals surface area (Å²) in [4.78, 5) is 16.1. The Labute approximate surface area is 118 Å². The Hall–Kier alpha value is -2.14. The summed E-state index contributed by atoms with van der Waals surface area (Å²) in [5.41, 5.74) is 2.00. The van der Waals surface area contributed by atoms with Gasteiger partial charge in [0.25, 0.3) is 0 Å². The highest BCUT2D eigenvalue weighted by atomic mass is 16.1. The SMILES string of the molecule is O=C(Nc1cccc(Cn2ccnc2)c1)[C@H]1CCNC1. The Bertz CT molecular complexity index is 573. The maximum absolute atomic E-state index is 12.1. The van der Waals surface area contributed by atoms with Crippen molar-refractivity contribution in [2.75, 3.05) is 18.4 Å². The summed E-state index contributed by atoms with van der Waals surface area (Å²) in [5, 5.41) is 6.21. The first-order valence-corrected chi connectivity index (χ1v) is 6.87. The number of hydrogen-bond acceptors (Lipinski definition) is 3. The maximum Gasteiger partial charge on any atom is 0.228 e. The third-order valence-electron chi connectivity index (χ3n) is 3.55. The summed E-state index contributed by atoms with van der Waals surface area (Å²) >= 11 is 0. The van der Waals surface area contributed by atoms with Crippen LogP contribution in [0, 0.1) is 5.92 Å². The van der Waals surface area contributed by atoms with Crippen molar-refractivity contribution in [3.05, 3.63) is 48.5 Å². The maximum atomic E-state index is 12.1. The number of carbonyl (C=O) groups excluding carboxylic acids is 1. The molecule has 0 spiro atoms. The number of carbonyl (C=O) groups is 1. The molecule has 0 bridgehead atoms. The largest absolute Gasteiger partial charge is 0.333 e. The van der Waals surface area contributed by atoms with E-state index in [2.05, 4.69) is 15.6 Å². The molecule has 2 heterocycles. The Kier molecular flexibility index (Phi) is 3.78. The van der Waals surface area contributed by atoms with Crippen molar-refractivity contribution in [1.82, 2.24) is 14.9 Å². The molecule has 5 heteroatoms. The highest BCUT2D eigenvalue weighted by molar-refractivity contribution is 5.92. The van der Waals surface area contributed by atoms with Crippen LogP contribution in [0.5, 0.6) is 0 Å². The first-order valence-electron chi connectivity index (χ1n) is 6.87. The predicted molar refractivity (Wildman–Crippen MR) is 77.4 cm³/mol. The van der Waals surface area contributed by atoms with Gasteiger partial charge in [0.1, 0.15) is 0 Å². The topological polar surface area (TPSA) is 59.0 Å². The molecule has 1 atom stereocenters. The Morgan fingerprint density at radius 2 is 2.45 bits per heavy atom. The standard InChI is InChI=1S/C15H18N4O/c20-15(13-4-5-16-9-13)18-14-3-1-2-12(8-14)10-19-7-6-17-11-19/h1-3,6-8,11,13,16H,4-5,9-10H2,(H,18,20)/t13-/m0/s1. The van der Waals surface area contributed by atoms with E-state index in [9.17, 15) is 4.79 Å². The fourth-order valence-corrected chi connectivity index (χ4v) is 2.46. The molecule has 0 radical (unpaired) electrons. The van der Waals surface area contributed by atoms with Crippen LogP contribution < -0.4 is 10.6 Å². The quantitative estimate of drug-likeness (QED) is 0.884. The van der Waals surface area contributed by atoms with Crippen LogP contribution in [0.1, 0.15) is 12.0 Å². The van der Waals surface area contributed by atoms with Gasteiger partial charge in [0.05, 0.1) is 12.2 Å².